The first-order valence-electron chi connectivity index (χ1n) is 8.11. The van der Waals surface area contributed by atoms with E-state index in [1.165, 1.54) is 0 Å². The zero-order chi connectivity index (χ0) is 16.4. The van der Waals surface area contributed by atoms with Crippen LogP contribution in [0.4, 0.5) is 0 Å². The molecule has 2 aliphatic rings. The second kappa shape index (κ2) is 7.01. The number of rotatable bonds is 4. The normalized spacial score (nSPS) is 26.2. The summed E-state index contributed by atoms with van der Waals surface area (Å²) in [6.07, 6.45) is 2.56. The summed E-state index contributed by atoms with van der Waals surface area (Å²) in [6, 6.07) is 7.41. The fourth-order valence-corrected chi connectivity index (χ4v) is 3.92. The number of nitrogens with zero attached hydrogens (tertiary/aromatic N) is 1. The van der Waals surface area contributed by atoms with Crippen molar-refractivity contribution in [2.75, 3.05) is 19.6 Å². The number of likely N-dealkylation sites (tertiary alicyclic amines) is 1. The fraction of sp³-hybridized carbons (Fsp3) is 0.529. The van der Waals surface area contributed by atoms with E-state index < -0.39 is 0 Å². The number of fused-ring (bicyclic) bond motifs is 1. The van der Waals surface area contributed by atoms with E-state index in [4.69, 9.17) is 5.73 Å². The van der Waals surface area contributed by atoms with Crippen LogP contribution in [0.3, 0.4) is 0 Å². The smallest absolute Gasteiger partial charge is 0.251 e. The number of amides is 2. The van der Waals surface area contributed by atoms with Crippen LogP contribution in [0.15, 0.2) is 28.7 Å². The first kappa shape index (κ1) is 16.5. The van der Waals surface area contributed by atoms with E-state index in [0.29, 0.717) is 30.4 Å². The van der Waals surface area contributed by atoms with Gasteiger partial charge in [-0.1, -0.05) is 15.9 Å². The van der Waals surface area contributed by atoms with Crippen molar-refractivity contribution in [3.63, 3.8) is 0 Å². The molecule has 0 aromatic heterocycles. The largest absolute Gasteiger partial charge is 0.352 e. The molecule has 124 valence electrons. The minimum absolute atomic E-state index is 0.114. The van der Waals surface area contributed by atoms with E-state index in [1.54, 1.807) is 12.1 Å². The Labute approximate surface area is 144 Å². The van der Waals surface area contributed by atoms with Crippen molar-refractivity contribution in [1.29, 1.82) is 0 Å². The van der Waals surface area contributed by atoms with Crippen LogP contribution in [0.25, 0.3) is 0 Å². The van der Waals surface area contributed by atoms with Gasteiger partial charge in [-0.15, -0.1) is 0 Å². The van der Waals surface area contributed by atoms with Gasteiger partial charge in [0, 0.05) is 42.1 Å². The van der Waals surface area contributed by atoms with Gasteiger partial charge in [-0.25, -0.2) is 0 Å². The van der Waals surface area contributed by atoms with Gasteiger partial charge in [0.1, 0.15) is 0 Å². The summed E-state index contributed by atoms with van der Waals surface area (Å²) in [5.41, 5.74) is 6.70. The van der Waals surface area contributed by atoms with Crippen molar-refractivity contribution in [3.8, 4) is 0 Å². The van der Waals surface area contributed by atoms with Crippen LogP contribution < -0.4 is 11.1 Å². The average molecular weight is 380 g/mol. The van der Waals surface area contributed by atoms with Crippen LogP contribution in [-0.4, -0.2) is 42.4 Å². The van der Waals surface area contributed by atoms with Gasteiger partial charge < -0.3 is 16.0 Å². The molecular weight excluding hydrogens is 358 g/mol. The zero-order valence-corrected chi connectivity index (χ0v) is 14.6. The summed E-state index contributed by atoms with van der Waals surface area (Å²) in [4.78, 5) is 26.2. The Morgan fingerprint density at radius 2 is 1.96 bits per heavy atom. The van der Waals surface area contributed by atoms with Gasteiger partial charge >= 0.3 is 0 Å². The summed E-state index contributed by atoms with van der Waals surface area (Å²) in [5.74, 6) is 1.01. The van der Waals surface area contributed by atoms with E-state index in [2.05, 4.69) is 21.2 Å². The van der Waals surface area contributed by atoms with Gasteiger partial charge in [0.05, 0.1) is 0 Å². The Morgan fingerprint density at radius 3 is 2.65 bits per heavy atom. The van der Waals surface area contributed by atoms with Crippen molar-refractivity contribution < 1.29 is 9.59 Å². The Bertz CT molecular complexity index is 590. The summed E-state index contributed by atoms with van der Waals surface area (Å²) in [7, 11) is 0. The maximum atomic E-state index is 12.3. The molecule has 0 radical (unpaired) electrons. The number of hydrogen-bond acceptors (Lipinski definition) is 3. The number of carbonyl (C=O) groups is 2. The Balaban J connectivity index is 1.43. The molecule has 1 aromatic carbocycles. The molecule has 0 spiro atoms. The van der Waals surface area contributed by atoms with Crippen LogP contribution in [0.1, 0.15) is 29.6 Å². The van der Waals surface area contributed by atoms with Gasteiger partial charge in [0.2, 0.25) is 5.91 Å². The molecular formula is C17H22BrN3O2. The molecule has 1 aromatic rings. The van der Waals surface area contributed by atoms with E-state index in [9.17, 15) is 9.59 Å². The molecule has 5 nitrogen and oxygen atoms in total. The van der Waals surface area contributed by atoms with Crippen molar-refractivity contribution in [2.45, 2.75) is 25.3 Å². The number of carbonyl (C=O) groups excluding carboxylic acids is 2. The molecule has 1 heterocycles. The van der Waals surface area contributed by atoms with Gasteiger partial charge in [-0.3, -0.25) is 9.59 Å². The lowest BCUT2D eigenvalue weighted by molar-refractivity contribution is -0.130. The monoisotopic (exact) mass is 379 g/mol. The van der Waals surface area contributed by atoms with Crippen molar-refractivity contribution >= 4 is 27.7 Å². The number of nitrogens with one attached hydrogen (secondary N) is 1. The molecule has 3 rings (SSSR count). The number of hydrogen-bond donors (Lipinski definition) is 2. The molecule has 1 saturated carbocycles. The third-order valence-electron chi connectivity index (χ3n) is 5.00. The van der Waals surface area contributed by atoms with Crippen LogP contribution in [0, 0.1) is 11.8 Å². The van der Waals surface area contributed by atoms with Crippen LogP contribution >= 0.6 is 15.9 Å². The van der Waals surface area contributed by atoms with E-state index in [1.807, 2.05) is 17.0 Å². The van der Waals surface area contributed by atoms with Crippen molar-refractivity contribution in [3.05, 3.63) is 34.3 Å². The lowest BCUT2D eigenvalue weighted by Gasteiger charge is -2.18. The highest BCUT2D eigenvalue weighted by atomic mass is 79.9. The Kier molecular flexibility index (Phi) is 5.02. The van der Waals surface area contributed by atoms with E-state index >= 15 is 0 Å². The molecule has 1 saturated heterocycles. The highest BCUT2D eigenvalue weighted by Crippen LogP contribution is 2.37. The quantitative estimate of drug-likeness (QED) is 0.836. The third kappa shape index (κ3) is 3.75. The summed E-state index contributed by atoms with van der Waals surface area (Å²) in [5, 5.41) is 2.81. The highest BCUT2D eigenvalue weighted by Gasteiger charge is 2.42. The summed E-state index contributed by atoms with van der Waals surface area (Å²) in [6.45, 7) is 1.98. The molecule has 1 aliphatic carbocycles. The lowest BCUT2D eigenvalue weighted by atomic mass is 9.98. The van der Waals surface area contributed by atoms with Crippen LogP contribution in [0.2, 0.25) is 0 Å². The molecule has 23 heavy (non-hydrogen) atoms. The Hall–Kier alpha value is -1.40. The fourth-order valence-electron chi connectivity index (χ4n) is 3.66. The second-order valence-corrected chi connectivity index (χ2v) is 7.39. The number of benzene rings is 1. The number of nitrogens with two attached hydrogens (primary N) is 1. The summed E-state index contributed by atoms with van der Waals surface area (Å²) < 4.78 is 0.932. The average Bonchev–Trinajstić information content (AvgIpc) is 3.10. The zero-order valence-electron chi connectivity index (χ0n) is 13.0. The maximum Gasteiger partial charge on any atom is 0.251 e. The highest BCUT2D eigenvalue weighted by molar-refractivity contribution is 9.10. The SMILES string of the molecule is NC1CCC2CN(C(=O)CCNC(=O)c3ccc(Br)cc3)CC12. The molecule has 2 fully saturated rings. The maximum absolute atomic E-state index is 12.3. The van der Waals surface area contributed by atoms with Crippen LogP contribution in [-0.2, 0) is 4.79 Å². The predicted octanol–water partition coefficient (Wildman–Crippen LogP) is 1.76. The van der Waals surface area contributed by atoms with Gasteiger partial charge in [0.25, 0.3) is 5.91 Å². The standard InChI is InChI=1S/C17H22BrN3O2/c18-13-4-1-11(2-5-13)17(23)20-8-7-16(22)21-9-12-3-6-15(19)14(12)10-21/h1-2,4-5,12,14-15H,3,6-10,19H2,(H,20,23). The molecule has 0 bridgehead atoms. The third-order valence-corrected chi connectivity index (χ3v) is 5.52. The molecule has 6 heteroatoms. The molecule has 3 atom stereocenters. The predicted molar refractivity (Wildman–Crippen MR) is 91.9 cm³/mol. The summed E-state index contributed by atoms with van der Waals surface area (Å²) >= 11 is 3.34. The molecule has 3 unspecified atom stereocenters. The number of halogens is 1. The molecule has 2 amide bonds. The first-order valence-corrected chi connectivity index (χ1v) is 8.91. The van der Waals surface area contributed by atoms with Gasteiger partial charge in [-0.2, -0.15) is 0 Å². The lowest BCUT2D eigenvalue weighted by Crippen LogP contribution is -2.35. The molecule has 1 aliphatic heterocycles. The van der Waals surface area contributed by atoms with Crippen molar-refractivity contribution in [1.82, 2.24) is 10.2 Å². The molecule has 3 N–H and O–H groups in total. The first-order chi connectivity index (χ1) is 11.0. The van der Waals surface area contributed by atoms with Crippen molar-refractivity contribution in [2.24, 2.45) is 17.6 Å². The minimum Gasteiger partial charge on any atom is -0.352 e. The second-order valence-electron chi connectivity index (χ2n) is 6.48. The topological polar surface area (TPSA) is 75.4 Å². The van der Waals surface area contributed by atoms with E-state index in [0.717, 1.165) is 30.4 Å². The van der Waals surface area contributed by atoms with Crippen LogP contribution in [0.5, 0.6) is 0 Å². The minimum atomic E-state index is -0.148. The van der Waals surface area contributed by atoms with E-state index in [-0.39, 0.29) is 17.9 Å². The van der Waals surface area contributed by atoms with Gasteiger partial charge in [-0.05, 0) is 48.9 Å². The van der Waals surface area contributed by atoms with Gasteiger partial charge in [0.15, 0.2) is 0 Å². The Morgan fingerprint density at radius 1 is 1.22 bits per heavy atom.